The number of nitrogens with one attached hydrogen (secondary N) is 1. The Kier molecular flexibility index (Phi) is 6.56. The highest BCUT2D eigenvalue weighted by atomic mass is 79.9. The lowest BCUT2D eigenvalue weighted by molar-refractivity contribution is -0.129. The van der Waals surface area contributed by atoms with Crippen molar-refractivity contribution in [2.24, 2.45) is 0 Å². The summed E-state index contributed by atoms with van der Waals surface area (Å²) < 4.78 is 0. The molecule has 1 aromatic carbocycles. The van der Waals surface area contributed by atoms with E-state index in [1.54, 1.807) is 17.0 Å². The van der Waals surface area contributed by atoms with Crippen LogP contribution >= 0.6 is 15.9 Å². The lowest BCUT2D eigenvalue weighted by Crippen LogP contribution is -2.39. The topological polar surface area (TPSA) is 49.4 Å². The standard InChI is InChI=1S/C14H19BrN2O2/c1-3-17(4-2)13(18)10-16-14(19)12-7-5-11(9-15)6-8-12/h5-8H,3-4,9-10H2,1-2H3,(H,16,19). The van der Waals surface area contributed by atoms with Gasteiger partial charge < -0.3 is 10.2 Å². The molecule has 1 rings (SSSR count). The largest absolute Gasteiger partial charge is 0.343 e. The molecule has 0 heterocycles. The Morgan fingerprint density at radius 1 is 1.16 bits per heavy atom. The normalized spacial score (nSPS) is 10.1. The summed E-state index contributed by atoms with van der Waals surface area (Å²) in [7, 11) is 0. The van der Waals surface area contributed by atoms with Gasteiger partial charge in [-0.2, -0.15) is 0 Å². The minimum Gasteiger partial charge on any atom is -0.343 e. The van der Waals surface area contributed by atoms with Crippen molar-refractivity contribution in [2.45, 2.75) is 19.2 Å². The highest BCUT2D eigenvalue weighted by Gasteiger charge is 2.11. The second-order valence-electron chi connectivity index (χ2n) is 4.08. The maximum absolute atomic E-state index is 11.9. The van der Waals surface area contributed by atoms with Crippen molar-refractivity contribution in [1.82, 2.24) is 10.2 Å². The summed E-state index contributed by atoms with van der Waals surface area (Å²) in [5.74, 6) is -0.281. The second kappa shape index (κ2) is 7.94. The fourth-order valence-electron chi connectivity index (χ4n) is 1.69. The zero-order valence-electron chi connectivity index (χ0n) is 11.3. The van der Waals surface area contributed by atoms with Gasteiger partial charge in [0.15, 0.2) is 0 Å². The molecule has 1 aromatic rings. The van der Waals surface area contributed by atoms with Gasteiger partial charge in [-0.15, -0.1) is 0 Å². The van der Waals surface area contributed by atoms with E-state index in [2.05, 4.69) is 21.2 Å². The van der Waals surface area contributed by atoms with Crippen molar-refractivity contribution >= 4 is 27.7 Å². The summed E-state index contributed by atoms with van der Waals surface area (Å²) in [6, 6.07) is 7.29. The van der Waals surface area contributed by atoms with Crippen molar-refractivity contribution in [3.8, 4) is 0 Å². The Balaban J connectivity index is 2.52. The number of alkyl halides is 1. The molecular weight excluding hydrogens is 308 g/mol. The Hall–Kier alpha value is -1.36. The molecule has 104 valence electrons. The molecule has 0 radical (unpaired) electrons. The van der Waals surface area contributed by atoms with Crippen LogP contribution in [0.15, 0.2) is 24.3 Å². The van der Waals surface area contributed by atoms with Gasteiger partial charge in [-0.3, -0.25) is 9.59 Å². The summed E-state index contributed by atoms with van der Waals surface area (Å²) in [6.07, 6.45) is 0. The van der Waals surface area contributed by atoms with Crippen molar-refractivity contribution in [1.29, 1.82) is 0 Å². The van der Waals surface area contributed by atoms with Crippen LogP contribution in [0.4, 0.5) is 0 Å². The minimum absolute atomic E-state index is 0.0424. The lowest BCUT2D eigenvalue weighted by Gasteiger charge is -2.18. The fourth-order valence-corrected chi connectivity index (χ4v) is 2.07. The number of carbonyl (C=O) groups excluding carboxylic acids is 2. The molecule has 0 saturated heterocycles. The lowest BCUT2D eigenvalue weighted by atomic mass is 10.1. The average Bonchev–Trinajstić information content (AvgIpc) is 2.46. The number of amides is 2. The molecule has 0 saturated carbocycles. The van der Waals surface area contributed by atoms with E-state index in [4.69, 9.17) is 0 Å². The molecule has 0 atom stereocenters. The van der Waals surface area contributed by atoms with Gasteiger partial charge in [-0.25, -0.2) is 0 Å². The first-order valence-corrected chi connectivity index (χ1v) is 7.45. The Bertz CT molecular complexity index is 428. The van der Waals surface area contributed by atoms with Crippen LogP contribution in [0, 0.1) is 0 Å². The first-order chi connectivity index (χ1) is 9.12. The van der Waals surface area contributed by atoms with Crippen molar-refractivity contribution in [2.75, 3.05) is 19.6 Å². The molecule has 0 fully saturated rings. The average molecular weight is 327 g/mol. The maximum Gasteiger partial charge on any atom is 0.251 e. The van der Waals surface area contributed by atoms with Gasteiger partial charge in [0.1, 0.15) is 0 Å². The third-order valence-corrected chi connectivity index (χ3v) is 3.53. The minimum atomic E-state index is -0.221. The van der Waals surface area contributed by atoms with Crippen LogP contribution in [0.1, 0.15) is 29.8 Å². The highest BCUT2D eigenvalue weighted by Crippen LogP contribution is 2.07. The zero-order chi connectivity index (χ0) is 14.3. The van der Waals surface area contributed by atoms with E-state index in [0.717, 1.165) is 10.9 Å². The molecule has 5 heteroatoms. The van der Waals surface area contributed by atoms with Gasteiger partial charge in [0.2, 0.25) is 5.91 Å². The van der Waals surface area contributed by atoms with E-state index in [1.807, 2.05) is 26.0 Å². The summed E-state index contributed by atoms with van der Waals surface area (Å²) in [6.45, 7) is 5.20. The van der Waals surface area contributed by atoms with Crippen LogP contribution in [0.5, 0.6) is 0 Å². The number of carbonyl (C=O) groups is 2. The van der Waals surface area contributed by atoms with E-state index in [0.29, 0.717) is 18.7 Å². The van der Waals surface area contributed by atoms with Crippen LogP contribution in [0.2, 0.25) is 0 Å². The number of rotatable bonds is 6. The van der Waals surface area contributed by atoms with E-state index in [1.165, 1.54) is 0 Å². The monoisotopic (exact) mass is 326 g/mol. The fraction of sp³-hybridized carbons (Fsp3) is 0.429. The van der Waals surface area contributed by atoms with Gasteiger partial charge in [-0.05, 0) is 31.5 Å². The summed E-state index contributed by atoms with van der Waals surface area (Å²) in [5.41, 5.74) is 1.67. The van der Waals surface area contributed by atoms with Crippen LogP contribution < -0.4 is 5.32 Å². The molecule has 2 amide bonds. The summed E-state index contributed by atoms with van der Waals surface area (Å²) in [5, 5.41) is 3.40. The van der Waals surface area contributed by atoms with Crippen LogP contribution in [0.3, 0.4) is 0 Å². The Labute approximate surface area is 122 Å². The zero-order valence-corrected chi connectivity index (χ0v) is 12.9. The summed E-state index contributed by atoms with van der Waals surface area (Å²) >= 11 is 3.35. The summed E-state index contributed by atoms with van der Waals surface area (Å²) in [4.78, 5) is 25.3. The quantitative estimate of drug-likeness (QED) is 0.814. The molecule has 0 spiro atoms. The molecule has 0 aliphatic rings. The van der Waals surface area contributed by atoms with Gasteiger partial charge in [0.25, 0.3) is 5.91 Å². The van der Waals surface area contributed by atoms with Gasteiger partial charge in [-0.1, -0.05) is 28.1 Å². The van der Waals surface area contributed by atoms with Gasteiger partial charge in [0.05, 0.1) is 6.54 Å². The molecule has 0 aliphatic heterocycles. The molecule has 1 N–H and O–H groups in total. The van der Waals surface area contributed by atoms with E-state index >= 15 is 0 Å². The van der Waals surface area contributed by atoms with Crippen molar-refractivity contribution < 1.29 is 9.59 Å². The van der Waals surface area contributed by atoms with E-state index < -0.39 is 0 Å². The van der Waals surface area contributed by atoms with Crippen molar-refractivity contribution in [3.05, 3.63) is 35.4 Å². The molecule has 0 aliphatic carbocycles. The number of benzene rings is 1. The first kappa shape index (κ1) is 15.7. The Morgan fingerprint density at radius 3 is 2.21 bits per heavy atom. The highest BCUT2D eigenvalue weighted by molar-refractivity contribution is 9.08. The number of hydrogen-bond acceptors (Lipinski definition) is 2. The van der Waals surface area contributed by atoms with Crippen LogP contribution in [-0.4, -0.2) is 36.3 Å². The SMILES string of the molecule is CCN(CC)C(=O)CNC(=O)c1ccc(CBr)cc1. The van der Waals surface area contributed by atoms with E-state index in [9.17, 15) is 9.59 Å². The van der Waals surface area contributed by atoms with Crippen LogP contribution in [-0.2, 0) is 10.1 Å². The number of likely N-dealkylation sites (N-methyl/N-ethyl adjacent to an activating group) is 1. The molecule has 4 nitrogen and oxygen atoms in total. The molecule has 0 unspecified atom stereocenters. The molecule has 19 heavy (non-hydrogen) atoms. The molecular formula is C14H19BrN2O2. The predicted molar refractivity (Wildman–Crippen MR) is 79.3 cm³/mol. The molecule has 0 aromatic heterocycles. The third kappa shape index (κ3) is 4.67. The van der Waals surface area contributed by atoms with Gasteiger partial charge >= 0.3 is 0 Å². The van der Waals surface area contributed by atoms with E-state index in [-0.39, 0.29) is 18.4 Å². The second-order valence-corrected chi connectivity index (χ2v) is 4.64. The molecule has 0 bridgehead atoms. The number of halogens is 1. The van der Waals surface area contributed by atoms with Crippen LogP contribution in [0.25, 0.3) is 0 Å². The third-order valence-electron chi connectivity index (χ3n) is 2.89. The smallest absolute Gasteiger partial charge is 0.251 e. The van der Waals surface area contributed by atoms with Gasteiger partial charge in [0, 0.05) is 24.0 Å². The first-order valence-electron chi connectivity index (χ1n) is 6.33. The number of nitrogens with zero attached hydrogens (tertiary/aromatic N) is 1. The predicted octanol–water partition coefficient (Wildman–Crippen LogP) is 2.18. The Morgan fingerprint density at radius 2 is 1.74 bits per heavy atom. The van der Waals surface area contributed by atoms with Crippen molar-refractivity contribution in [3.63, 3.8) is 0 Å². The number of hydrogen-bond donors (Lipinski definition) is 1. The maximum atomic E-state index is 11.9.